The molecule has 0 bridgehead atoms. The first-order chi connectivity index (χ1) is 9.17. The zero-order valence-electron chi connectivity index (χ0n) is 12.0. The molecule has 114 valence electrons. The van der Waals surface area contributed by atoms with Crippen LogP contribution in [0.3, 0.4) is 0 Å². The Morgan fingerprint density at radius 3 is 2.70 bits per heavy atom. The Morgan fingerprint density at radius 2 is 2.10 bits per heavy atom. The van der Waals surface area contributed by atoms with Crippen molar-refractivity contribution < 1.29 is 9.18 Å². The van der Waals surface area contributed by atoms with Crippen LogP contribution in [0.2, 0.25) is 0 Å². The summed E-state index contributed by atoms with van der Waals surface area (Å²) in [6, 6.07) is 6.54. The van der Waals surface area contributed by atoms with Gasteiger partial charge in [0.25, 0.3) is 0 Å². The van der Waals surface area contributed by atoms with E-state index < -0.39 is 0 Å². The van der Waals surface area contributed by atoms with Crippen molar-refractivity contribution in [3.63, 3.8) is 0 Å². The summed E-state index contributed by atoms with van der Waals surface area (Å²) in [4.78, 5) is 13.8. The molecule has 0 heterocycles. The van der Waals surface area contributed by atoms with Crippen molar-refractivity contribution in [1.82, 2.24) is 4.90 Å². The van der Waals surface area contributed by atoms with Crippen LogP contribution >= 0.6 is 12.4 Å². The minimum absolute atomic E-state index is 0. The molecule has 0 aromatic heterocycles. The van der Waals surface area contributed by atoms with E-state index in [9.17, 15) is 9.18 Å². The molecule has 0 aliphatic rings. The zero-order valence-corrected chi connectivity index (χ0v) is 12.8. The molecule has 1 aromatic carbocycles. The molecule has 1 aromatic rings. The topological polar surface area (TPSA) is 46.3 Å². The minimum Gasteiger partial charge on any atom is -0.342 e. The van der Waals surface area contributed by atoms with E-state index in [4.69, 9.17) is 5.73 Å². The Morgan fingerprint density at radius 1 is 1.35 bits per heavy atom. The molecule has 0 saturated heterocycles. The van der Waals surface area contributed by atoms with Gasteiger partial charge in [-0.25, -0.2) is 4.39 Å². The first kappa shape index (κ1) is 18.9. The molecule has 1 amide bonds. The van der Waals surface area contributed by atoms with Crippen LogP contribution in [0.1, 0.15) is 31.7 Å². The third-order valence-corrected chi connectivity index (χ3v) is 3.00. The predicted octanol–water partition coefficient (Wildman–Crippen LogP) is 2.77. The summed E-state index contributed by atoms with van der Waals surface area (Å²) in [5, 5.41) is 0. The van der Waals surface area contributed by atoms with Gasteiger partial charge in [0.05, 0.1) is 0 Å². The molecule has 0 aliphatic heterocycles. The Hall–Kier alpha value is -1.13. The lowest BCUT2D eigenvalue weighted by atomic mass is 10.1. The number of carbonyl (C=O) groups is 1. The maximum atomic E-state index is 13.1. The van der Waals surface area contributed by atoms with Crippen molar-refractivity contribution in [2.24, 2.45) is 5.73 Å². The van der Waals surface area contributed by atoms with Crippen LogP contribution in [-0.2, 0) is 11.2 Å². The van der Waals surface area contributed by atoms with Crippen molar-refractivity contribution in [1.29, 1.82) is 0 Å². The molecular weight excluding hydrogens is 279 g/mol. The number of nitrogens with zero attached hydrogens (tertiary/aromatic N) is 1. The minimum atomic E-state index is -0.228. The third kappa shape index (κ3) is 6.87. The Kier molecular flexibility index (Phi) is 10.0. The van der Waals surface area contributed by atoms with Gasteiger partial charge in [-0.1, -0.05) is 19.1 Å². The van der Waals surface area contributed by atoms with E-state index in [2.05, 4.69) is 0 Å². The molecular formula is C15H24ClFN2O. The number of hydrogen-bond donors (Lipinski definition) is 1. The van der Waals surface area contributed by atoms with Crippen molar-refractivity contribution >= 4 is 18.3 Å². The van der Waals surface area contributed by atoms with Gasteiger partial charge in [-0.3, -0.25) is 4.79 Å². The monoisotopic (exact) mass is 302 g/mol. The van der Waals surface area contributed by atoms with E-state index in [-0.39, 0.29) is 24.1 Å². The molecule has 20 heavy (non-hydrogen) atoms. The molecule has 5 heteroatoms. The highest BCUT2D eigenvalue weighted by molar-refractivity contribution is 5.85. The number of amides is 1. The lowest BCUT2D eigenvalue weighted by Gasteiger charge is -2.22. The summed E-state index contributed by atoms with van der Waals surface area (Å²) in [7, 11) is 0. The van der Waals surface area contributed by atoms with Gasteiger partial charge in [-0.05, 0) is 43.5 Å². The predicted molar refractivity (Wildman–Crippen MR) is 82.5 cm³/mol. The quantitative estimate of drug-likeness (QED) is 0.802. The van der Waals surface area contributed by atoms with Gasteiger partial charge < -0.3 is 10.6 Å². The average molecular weight is 303 g/mol. The summed E-state index contributed by atoms with van der Waals surface area (Å²) in [6.07, 6.45) is 2.84. The van der Waals surface area contributed by atoms with E-state index in [1.54, 1.807) is 6.07 Å². The molecule has 0 unspecified atom stereocenters. The lowest BCUT2D eigenvalue weighted by molar-refractivity contribution is -0.131. The summed E-state index contributed by atoms with van der Waals surface area (Å²) < 4.78 is 13.1. The van der Waals surface area contributed by atoms with Gasteiger partial charge in [0.15, 0.2) is 0 Å². The maximum absolute atomic E-state index is 13.1. The first-order valence-corrected chi connectivity index (χ1v) is 6.89. The van der Waals surface area contributed by atoms with Crippen LogP contribution in [0.15, 0.2) is 24.3 Å². The second kappa shape index (κ2) is 10.6. The van der Waals surface area contributed by atoms with Gasteiger partial charge in [-0.15, -0.1) is 12.4 Å². The van der Waals surface area contributed by atoms with Crippen molar-refractivity contribution in [2.75, 3.05) is 19.6 Å². The third-order valence-electron chi connectivity index (χ3n) is 3.00. The summed E-state index contributed by atoms with van der Waals surface area (Å²) in [5.74, 6) is -0.0855. The normalized spacial score (nSPS) is 9.95. The van der Waals surface area contributed by atoms with Crippen LogP contribution in [0.5, 0.6) is 0 Å². The van der Waals surface area contributed by atoms with E-state index >= 15 is 0 Å². The van der Waals surface area contributed by atoms with Crippen LogP contribution in [0.25, 0.3) is 0 Å². The number of halogens is 2. The van der Waals surface area contributed by atoms with Crippen molar-refractivity contribution in [3.05, 3.63) is 35.6 Å². The number of hydrogen-bond acceptors (Lipinski definition) is 2. The summed E-state index contributed by atoms with van der Waals surface area (Å²) in [6.45, 7) is 3.97. The van der Waals surface area contributed by atoms with Crippen LogP contribution < -0.4 is 5.73 Å². The fraction of sp³-hybridized carbons (Fsp3) is 0.533. The first-order valence-electron chi connectivity index (χ1n) is 6.89. The van der Waals surface area contributed by atoms with Crippen molar-refractivity contribution in [2.45, 2.75) is 32.6 Å². The molecule has 2 N–H and O–H groups in total. The summed E-state index contributed by atoms with van der Waals surface area (Å²) in [5.41, 5.74) is 6.34. The number of carbonyl (C=O) groups excluding carboxylic acids is 1. The van der Waals surface area contributed by atoms with Crippen LogP contribution in [-0.4, -0.2) is 30.4 Å². The van der Waals surface area contributed by atoms with E-state index in [1.165, 1.54) is 12.1 Å². The van der Waals surface area contributed by atoms with Gasteiger partial charge in [0.1, 0.15) is 5.82 Å². The summed E-state index contributed by atoms with van der Waals surface area (Å²) >= 11 is 0. The smallest absolute Gasteiger partial charge is 0.222 e. The average Bonchev–Trinajstić information content (AvgIpc) is 2.41. The Labute approximate surface area is 126 Å². The van der Waals surface area contributed by atoms with Gasteiger partial charge in [0.2, 0.25) is 5.91 Å². The highest BCUT2D eigenvalue weighted by Gasteiger charge is 2.11. The molecule has 0 aliphatic carbocycles. The second-order valence-corrected chi connectivity index (χ2v) is 4.65. The van der Waals surface area contributed by atoms with Crippen LogP contribution in [0, 0.1) is 5.82 Å². The molecule has 1 rings (SSSR count). The second-order valence-electron chi connectivity index (χ2n) is 4.65. The largest absolute Gasteiger partial charge is 0.342 e. The number of benzene rings is 1. The molecule has 3 nitrogen and oxygen atoms in total. The Balaban J connectivity index is 0.00000361. The van der Waals surface area contributed by atoms with E-state index in [0.29, 0.717) is 25.9 Å². The van der Waals surface area contributed by atoms with Gasteiger partial charge in [0, 0.05) is 19.5 Å². The fourth-order valence-electron chi connectivity index (χ4n) is 2.00. The van der Waals surface area contributed by atoms with Crippen molar-refractivity contribution in [3.8, 4) is 0 Å². The van der Waals surface area contributed by atoms with Gasteiger partial charge in [-0.2, -0.15) is 0 Å². The van der Waals surface area contributed by atoms with Crippen LogP contribution in [0.4, 0.5) is 4.39 Å². The maximum Gasteiger partial charge on any atom is 0.222 e. The fourth-order valence-corrected chi connectivity index (χ4v) is 2.00. The Bertz CT molecular complexity index is 401. The molecule has 0 spiro atoms. The number of nitrogens with two attached hydrogens (primary N) is 1. The lowest BCUT2D eigenvalue weighted by Crippen LogP contribution is -2.33. The van der Waals surface area contributed by atoms with Gasteiger partial charge >= 0.3 is 0 Å². The van der Waals surface area contributed by atoms with E-state index in [0.717, 1.165) is 24.9 Å². The highest BCUT2D eigenvalue weighted by atomic mass is 35.5. The molecule has 0 fully saturated rings. The highest BCUT2D eigenvalue weighted by Crippen LogP contribution is 2.07. The molecule has 0 atom stereocenters. The van der Waals surface area contributed by atoms with E-state index in [1.807, 2.05) is 17.9 Å². The molecule has 0 saturated carbocycles. The molecule has 0 radical (unpaired) electrons. The number of rotatable bonds is 8. The standard InChI is InChI=1S/C15H23FN2O.ClH/c1-2-10-18(15(19)7-4-9-17)11-8-13-5-3-6-14(16)12-13;/h3,5-6,12H,2,4,7-11,17H2,1H3;1H. The SMILES string of the molecule is CCCN(CCc1cccc(F)c1)C(=O)CCCN.Cl. The zero-order chi connectivity index (χ0) is 14.1.